The van der Waals surface area contributed by atoms with E-state index in [9.17, 15) is 43.8 Å². The average Bonchev–Trinajstić information content (AvgIpc) is 3.64. The number of aliphatic imine (C=N–C) groups is 1. The minimum atomic E-state index is -1.65. The Bertz CT molecular complexity index is 1480. The average molecular weight is 831 g/mol. The van der Waals surface area contributed by atoms with Gasteiger partial charge < -0.3 is 64.3 Å². The van der Waals surface area contributed by atoms with Gasteiger partial charge in [0.2, 0.25) is 35.4 Å². The smallest absolute Gasteiger partial charge is 0.325 e. The Labute approximate surface area is 335 Å². The number of aromatic nitrogens is 2. The highest BCUT2D eigenvalue weighted by Gasteiger charge is 2.34. The van der Waals surface area contributed by atoms with Gasteiger partial charge in [0.25, 0.3) is 0 Å². The maximum atomic E-state index is 13.6. The lowest BCUT2D eigenvalue weighted by Gasteiger charge is -2.28. The SMILES string of the molecule is CSCC[C@H](N)C(=O)N[C@@H](Cc1cnc[nH]1)C(=O)N[C@@H](CC(C)C)C(=O)N[C@@H](CS)C(=O)N[C@H](C(=O)N[C@@H](CCCN=C(N)N)C(=O)N[C@@H](C)C(=O)O)[C@@H](C)O. The van der Waals surface area contributed by atoms with Gasteiger partial charge in [-0.05, 0) is 57.5 Å². The molecule has 0 saturated heterocycles. The number of hydrogen-bond acceptors (Lipinski definition) is 13. The number of carboxylic acids is 1. The Morgan fingerprint density at radius 2 is 1.41 bits per heavy atom. The lowest BCUT2D eigenvalue weighted by molar-refractivity contribution is -0.142. The third-order valence-corrected chi connectivity index (χ3v) is 9.12. The van der Waals surface area contributed by atoms with Gasteiger partial charge in [0.1, 0.15) is 36.3 Å². The molecule has 0 aliphatic carbocycles. The number of thiol groups is 1. The van der Waals surface area contributed by atoms with E-state index in [4.69, 9.17) is 17.2 Å². The summed E-state index contributed by atoms with van der Waals surface area (Å²) in [5, 5.41) is 34.6. The van der Waals surface area contributed by atoms with Crippen LogP contribution in [0.15, 0.2) is 17.5 Å². The molecule has 0 aliphatic rings. The van der Waals surface area contributed by atoms with Gasteiger partial charge in [0.05, 0.1) is 18.5 Å². The summed E-state index contributed by atoms with van der Waals surface area (Å²) in [5.41, 5.74) is 17.2. The van der Waals surface area contributed by atoms with Crippen molar-refractivity contribution in [3.63, 3.8) is 0 Å². The number of hydrogen-bond donors (Lipinski definition) is 13. The Hall–Kier alpha value is -4.61. The highest BCUT2D eigenvalue weighted by atomic mass is 32.2. The van der Waals surface area contributed by atoms with E-state index in [-0.39, 0.29) is 49.9 Å². The zero-order valence-electron chi connectivity index (χ0n) is 32.2. The van der Waals surface area contributed by atoms with Crippen LogP contribution in [-0.4, -0.2) is 140 Å². The molecule has 15 N–H and O–H groups in total. The fraction of sp³-hybridized carbons (Fsp3) is 0.667. The highest BCUT2D eigenvalue weighted by molar-refractivity contribution is 7.98. The van der Waals surface area contributed by atoms with Gasteiger partial charge in [-0.15, -0.1) is 0 Å². The van der Waals surface area contributed by atoms with E-state index in [0.29, 0.717) is 17.9 Å². The number of carbonyl (C=O) groups excluding carboxylic acids is 6. The Kier molecular flexibility index (Phi) is 22.5. The van der Waals surface area contributed by atoms with E-state index < -0.39 is 89.8 Å². The van der Waals surface area contributed by atoms with Gasteiger partial charge in [0.15, 0.2) is 5.96 Å². The van der Waals surface area contributed by atoms with Crippen molar-refractivity contribution in [2.45, 2.75) is 108 Å². The summed E-state index contributed by atoms with van der Waals surface area (Å²) in [5.74, 6) is -6.09. The first-order valence-electron chi connectivity index (χ1n) is 17.9. The van der Waals surface area contributed by atoms with Crippen molar-refractivity contribution in [3.8, 4) is 0 Å². The van der Waals surface area contributed by atoms with Crippen LogP contribution in [0.25, 0.3) is 0 Å². The third-order valence-electron chi connectivity index (χ3n) is 8.11. The van der Waals surface area contributed by atoms with Crippen molar-refractivity contribution in [1.82, 2.24) is 41.9 Å². The van der Waals surface area contributed by atoms with Crippen molar-refractivity contribution in [1.29, 1.82) is 0 Å². The first kappa shape index (κ1) is 49.4. The number of aliphatic carboxylic acids is 1. The Morgan fingerprint density at radius 1 is 0.839 bits per heavy atom. The van der Waals surface area contributed by atoms with Crippen LogP contribution in [0.1, 0.15) is 59.1 Å². The molecule has 1 heterocycles. The number of nitrogens with zero attached hydrogens (tertiary/aromatic N) is 2. The van der Waals surface area contributed by atoms with Crippen LogP contribution in [0.2, 0.25) is 0 Å². The number of aromatic amines is 1. The standard InChI is InChI=1S/C33H58N12O9S2/c1-16(2)11-22(43-29(50)23(12-19-13-37-15-39-19)42-26(47)20(34)8-10-56-5)28(49)44-24(14-55)30(51)45-25(18(4)46)31(52)41-21(7-6-9-38-33(35)36)27(48)40-17(3)32(53)54/h13,15-18,20-25,46,55H,6-12,14,34H2,1-5H3,(H,37,39)(H,40,48)(H,41,52)(H,42,47)(H,43,50)(H,44,49)(H,45,51)(H,53,54)(H4,35,36,38)/t17-,18+,20-,21-,22-,23-,24-,25-/m0/s1. The number of imidazole rings is 1. The minimum absolute atomic E-state index is 0.00464. The van der Waals surface area contributed by atoms with E-state index in [1.165, 1.54) is 38.1 Å². The summed E-state index contributed by atoms with van der Waals surface area (Å²) in [6, 6.07) is -8.86. The second-order valence-corrected chi connectivity index (χ2v) is 14.8. The van der Waals surface area contributed by atoms with Gasteiger partial charge >= 0.3 is 5.97 Å². The molecule has 0 spiro atoms. The Balaban J connectivity index is 3.18. The molecular formula is C33H58N12O9S2. The summed E-state index contributed by atoms with van der Waals surface area (Å²) in [4.78, 5) is 102. The number of aliphatic hydroxyl groups excluding tert-OH is 1. The normalized spacial score (nSPS) is 15.4. The number of thioether (sulfide) groups is 1. The maximum absolute atomic E-state index is 13.6. The van der Waals surface area contributed by atoms with Crippen molar-refractivity contribution in [3.05, 3.63) is 18.2 Å². The van der Waals surface area contributed by atoms with Crippen molar-refractivity contribution >= 4 is 71.8 Å². The number of aliphatic hydroxyl groups is 1. The molecule has 0 unspecified atom stereocenters. The molecule has 21 nitrogen and oxygen atoms in total. The van der Waals surface area contributed by atoms with E-state index in [1.807, 2.05) is 20.1 Å². The summed E-state index contributed by atoms with van der Waals surface area (Å²) >= 11 is 5.71. The predicted molar refractivity (Wildman–Crippen MR) is 213 cm³/mol. The molecule has 0 aromatic carbocycles. The van der Waals surface area contributed by atoms with E-state index in [1.54, 1.807) is 0 Å². The molecule has 1 aromatic heterocycles. The van der Waals surface area contributed by atoms with E-state index >= 15 is 0 Å². The fourth-order valence-corrected chi connectivity index (χ4v) is 5.74. The fourth-order valence-electron chi connectivity index (χ4n) is 4.99. The number of nitrogens with two attached hydrogens (primary N) is 3. The van der Waals surface area contributed by atoms with Crippen LogP contribution >= 0.6 is 24.4 Å². The first-order valence-corrected chi connectivity index (χ1v) is 19.9. The molecule has 0 fully saturated rings. The zero-order chi connectivity index (χ0) is 42.5. The molecule has 0 radical (unpaired) electrons. The number of H-pyrrole nitrogens is 1. The van der Waals surface area contributed by atoms with Gasteiger partial charge in [0, 0.05) is 30.6 Å². The number of carbonyl (C=O) groups is 7. The number of carboxylic acid groups (broad SMARTS) is 1. The second kappa shape index (κ2) is 25.5. The monoisotopic (exact) mass is 830 g/mol. The maximum Gasteiger partial charge on any atom is 0.325 e. The van der Waals surface area contributed by atoms with Crippen molar-refractivity contribution < 1.29 is 43.8 Å². The topological polar surface area (TPSA) is 351 Å². The van der Waals surface area contributed by atoms with Gasteiger partial charge in [-0.2, -0.15) is 24.4 Å². The van der Waals surface area contributed by atoms with Crippen LogP contribution < -0.4 is 49.1 Å². The summed E-state index contributed by atoms with van der Waals surface area (Å²) in [6.07, 6.45) is 3.90. The van der Waals surface area contributed by atoms with Gasteiger partial charge in [-0.1, -0.05) is 13.8 Å². The number of amides is 6. The van der Waals surface area contributed by atoms with Crippen LogP contribution in [-0.2, 0) is 40.0 Å². The van der Waals surface area contributed by atoms with Gasteiger partial charge in [-0.3, -0.25) is 38.6 Å². The molecule has 0 saturated carbocycles. The summed E-state index contributed by atoms with van der Waals surface area (Å²) in [7, 11) is 0. The Morgan fingerprint density at radius 3 is 1.95 bits per heavy atom. The summed E-state index contributed by atoms with van der Waals surface area (Å²) < 4.78 is 0. The number of guanidine groups is 1. The lowest BCUT2D eigenvalue weighted by Crippen LogP contribution is -2.62. The second-order valence-electron chi connectivity index (χ2n) is 13.5. The van der Waals surface area contributed by atoms with Crippen LogP contribution in [0.5, 0.6) is 0 Å². The molecule has 23 heteroatoms. The molecule has 316 valence electrons. The minimum Gasteiger partial charge on any atom is -0.480 e. The zero-order valence-corrected chi connectivity index (χ0v) is 34.0. The number of rotatable bonds is 26. The molecule has 56 heavy (non-hydrogen) atoms. The van der Waals surface area contributed by atoms with E-state index in [2.05, 4.69) is 59.5 Å². The lowest BCUT2D eigenvalue weighted by atomic mass is 10.0. The van der Waals surface area contributed by atoms with E-state index in [0.717, 1.165) is 0 Å². The number of nitrogens with one attached hydrogen (secondary N) is 7. The van der Waals surface area contributed by atoms with Gasteiger partial charge in [-0.25, -0.2) is 4.98 Å². The third kappa shape index (κ3) is 18.3. The van der Waals surface area contributed by atoms with Crippen LogP contribution in [0.3, 0.4) is 0 Å². The van der Waals surface area contributed by atoms with Crippen LogP contribution in [0, 0.1) is 5.92 Å². The molecule has 6 amide bonds. The highest BCUT2D eigenvalue weighted by Crippen LogP contribution is 2.09. The predicted octanol–water partition coefficient (Wildman–Crippen LogP) is -3.54. The molecule has 1 aromatic rings. The van der Waals surface area contributed by atoms with Crippen molar-refractivity contribution in [2.75, 3.05) is 24.3 Å². The quantitative estimate of drug-likeness (QED) is 0.0186. The molecule has 1 rings (SSSR count). The molecule has 8 atom stereocenters. The summed E-state index contributed by atoms with van der Waals surface area (Å²) in [6.45, 7) is 6.14. The molecular weight excluding hydrogens is 773 g/mol. The largest absolute Gasteiger partial charge is 0.480 e. The first-order chi connectivity index (χ1) is 26.3. The van der Waals surface area contributed by atoms with Crippen LogP contribution in [0.4, 0.5) is 0 Å². The molecule has 0 bridgehead atoms. The molecule has 0 aliphatic heterocycles. The van der Waals surface area contributed by atoms with Crippen molar-refractivity contribution in [2.24, 2.45) is 28.1 Å².